The smallest absolute Gasteiger partial charge is 0.0639 e. The van der Waals surface area contributed by atoms with Gasteiger partial charge in [-0.2, -0.15) is 0 Å². The highest BCUT2D eigenvalue weighted by Gasteiger charge is 2.16. The molecule has 2 rings (SSSR count). The first-order chi connectivity index (χ1) is 7.16. The molecule has 1 aliphatic heterocycles. The van der Waals surface area contributed by atoms with Crippen LogP contribution < -0.4 is 4.90 Å². The summed E-state index contributed by atoms with van der Waals surface area (Å²) >= 11 is 6.21. The number of anilines is 1. The molecule has 1 saturated heterocycles. The molecule has 0 bridgehead atoms. The molecule has 15 heavy (non-hydrogen) atoms. The van der Waals surface area contributed by atoms with Gasteiger partial charge in [-0.3, -0.25) is 0 Å². The van der Waals surface area contributed by atoms with Crippen LogP contribution in [0, 0.1) is 6.92 Å². The van der Waals surface area contributed by atoms with Crippen molar-refractivity contribution in [2.45, 2.75) is 6.92 Å². The van der Waals surface area contributed by atoms with Crippen molar-refractivity contribution in [3.8, 4) is 0 Å². The predicted molar refractivity (Wildman–Crippen MR) is 65.9 cm³/mol. The number of piperazine rings is 1. The normalized spacial score (nSPS) is 18.2. The van der Waals surface area contributed by atoms with Gasteiger partial charge in [-0.15, -0.1) is 0 Å². The van der Waals surface area contributed by atoms with Crippen molar-refractivity contribution in [1.82, 2.24) is 4.90 Å². The summed E-state index contributed by atoms with van der Waals surface area (Å²) in [7, 11) is 2.16. The maximum absolute atomic E-state index is 6.21. The van der Waals surface area contributed by atoms with Gasteiger partial charge in [0, 0.05) is 26.2 Å². The molecule has 0 amide bonds. The molecule has 0 radical (unpaired) electrons. The topological polar surface area (TPSA) is 6.48 Å². The highest BCUT2D eigenvalue weighted by molar-refractivity contribution is 6.33. The van der Waals surface area contributed by atoms with E-state index in [2.05, 4.69) is 35.9 Å². The monoisotopic (exact) mass is 224 g/mol. The van der Waals surface area contributed by atoms with Crippen molar-refractivity contribution in [2.75, 3.05) is 38.1 Å². The second-order valence-corrected chi connectivity index (χ2v) is 4.65. The molecular formula is C12H17ClN2. The summed E-state index contributed by atoms with van der Waals surface area (Å²) in [4.78, 5) is 4.72. The molecule has 82 valence electrons. The second kappa shape index (κ2) is 4.42. The fourth-order valence-corrected chi connectivity index (χ4v) is 2.15. The van der Waals surface area contributed by atoms with E-state index in [-0.39, 0.29) is 0 Å². The Hall–Kier alpha value is -0.730. The van der Waals surface area contributed by atoms with E-state index >= 15 is 0 Å². The van der Waals surface area contributed by atoms with Gasteiger partial charge in [0.15, 0.2) is 0 Å². The second-order valence-electron chi connectivity index (χ2n) is 4.25. The summed E-state index contributed by atoms with van der Waals surface area (Å²) in [5.74, 6) is 0. The zero-order valence-corrected chi connectivity index (χ0v) is 10.1. The molecule has 0 aromatic heterocycles. The van der Waals surface area contributed by atoms with Crippen LogP contribution in [0.3, 0.4) is 0 Å². The van der Waals surface area contributed by atoms with Gasteiger partial charge in [0.25, 0.3) is 0 Å². The number of hydrogen-bond donors (Lipinski definition) is 0. The third-order valence-corrected chi connectivity index (χ3v) is 3.27. The Bertz CT molecular complexity index is 343. The van der Waals surface area contributed by atoms with E-state index in [1.807, 2.05) is 6.07 Å². The van der Waals surface area contributed by atoms with Crippen LogP contribution in [0.1, 0.15) is 5.56 Å². The Morgan fingerprint density at radius 1 is 1.13 bits per heavy atom. The summed E-state index contributed by atoms with van der Waals surface area (Å²) < 4.78 is 0. The molecule has 0 unspecified atom stereocenters. The predicted octanol–water partition coefficient (Wildman–Crippen LogP) is 2.40. The van der Waals surface area contributed by atoms with Crippen molar-refractivity contribution >= 4 is 17.3 Å². The van der Waals surface area contributed by atoms with E-state index in [1.165, 1.54) is 11.3 Å². The Morgan fingerprint density at radius 3 is 2.47 bits per heavy atom. The number of likely N-dealkylation sites (N-methyl/N-ethyl adjacent to an activating group) is 1. The van der Waals surface area contributed by atoms with Crippen LogP contribution >= 0.6 is 11.6 Å². The molecule has 1 fully saturated rings. The average molecular weight is 225 g/mol. The Kier molecular flexibility index (Phi) is 3.17. The van der Waals surface area contributed by atoms with Crippen LogP contribution in [0.5, 0.6) is 0 Å². The van der Waals surface area contributed by atoms with Crippen LogP contribution in [-0.2, 0) is 0 Å². The molecule has 2 nitrogen and oxygen atoms in total. The first-order valence-electron chi connectivity index (χ1n) is 5.36. The number of hydrogen-bond acceptors (Lipinski definition) is 2. The van der Waals surface area contributed by atoms with E-state index in [1.54, 1.807) is 0 Å². The zero-order valence-electron chi connectivity index (χ0n) is 9.33. The lowest BCUT2D eigenvalue weighted by Gasteiger charge is -2.34. The van der Waals surface area contributed by atoms with Gasteiger partial charge in [-0.25, -0.2) is 0 Å². The van der Waals surface area contributed by atoms with Crippen molar-refractivity contribution in [3.05, 3.63) is 28.8 Å². The molecule has 0 aliphatic carbocycles. The molecule has 1 aromatic carbocycles. The minimum atomic E-state index is 0.866. The quantitative estimate of drug-likeness (QED) is 0.723. The lowest BCUT2D eigenvalue weighted by molar-refractivity contribution is 0.313. The molecule has 1 aliphatic rings. The van der Waals surface area contributed by atoms with Crippen LogP contribution in [0.4, 0.5) is 5.69 Å². The maximum Gasteiger partial charge on any atom is 0.0639 e. The van der Waals surface area contributed by atoms with Crippen LogP contribution in [0.2, 0.25) is 5.02 Å². The molecule has 0 saturated carbocycles. The van der Waals surface area contributed by atoms with E-state index < -0.39 is 0 Å². The first-order valence-corrected chi connectivity index (χ1v) is 5.74. The van der Waals surface area contributed by atoms with E-state index in [0.717, 1.165) is 31.2 Å². The summed E-state index contributed by atoms with van der Waals surface area (Å²) in [6.07, 6.45) is 0. The van der Waals surface area contributed by atoms with Gasteiger partial charge in [0.05, 0.1) is 10.7 Å². The van der Waals surface area contributed by atoms with Gasteiger partial charge in [0.1, 0.15) is 0 Å². The lowest BCUT2D eigenvalue weighted by atomic mass is 10.2. The maximum atomic E-state index is 6.21. The molecule has 0 spiro atoms. The standard InChI is InChI=1S/C12H17ClN2/c1-10-3-4-11(13)12(9-10)15-7-5-14(2)6-8-15/h3-4,9H,5-8H2,1-2H3. The first kappa shape index (κ1) is 10.8. The minimum absolute atomic E-state index is 0.866. The van der Waals surface area contributed by atoms with E-state index in [4.69, 9.17) is 11.6 Å². The fraction of sp³-hybridized carbons (Fsp3) is 0.500. The minimum Gasteiger partial charge on any atom is -0.368 e. The van der Waals surface area contributed by atoms with Crippen LogP contribution in [0.25, 0.3) is 0 Å². The summed E-state index contributed by atoms with van der Waals surface area (Å²) in [5.41, 5.74) is 2.46. The van der Waals surface area contributed by atoms with E-state index in [9.17, 15) is 0 Å². The van der Waals surface area contributed by atoms with Gasteiger partial charge in [0.2, 0.25) is 0 Å². The molecule has 3 heteroatoms. The van der Waals surface area contributed by atoms with Crippen molar-refractivity contribution in [2.24, 2.45) is 0 Å². The van der Waals surface area contributed by atoms with E-state index in [0.29, 0.717) is 0 Å². The third-order valence-electron chi connectivity index (χ3n) is 2.95. The summed E-state index contributed by atoms with van der Waals surface area (Å²) in [6.45, 7) is 6.48. The highest BCUT2D eigenvalue weighted by Crippen LogP contribution is 2.27. The van der Waals surface area contributed by atoms with Crippen LogP contribution in [-0.4, -0.2) is 38.1 Å². The molecule has 0 N–H and O–H groups in total. The van der Waals surface area contributed by atoms with Gasteiger partial charge < -0.3 is 9.80 Å². The van der Waals surface area contributed by atoms with Gasteiger partial charge >= 0.3 is 0 Å². The molecule has 1 heterocycles. The number of aryl methyl sites for hydroxylation is 1. The Balaban J connectivity index is 2.18. The SMILES string of the molecule is Cc1ccc(Cl)c(N2CCN(C)CC2)c1. The third kappa shape index (κ3) is 2.44. The van der Waals surface area contributed by atoms with Crippen LogP contribution in [0.15, 0.2) is 18.2 Å². The van der Waals surface area contributed by atoms with Crippen molar-refractivity contribution in [1.29, 1.82) is 0 Å². The number of benzene rings is 1. The van der Waals surface area contributed by atoms with Crippen molar-refractivity contribution in [3.63, 3.8) is 0 Å². The van der Waals surface area contributed by atoms with Crippen molar-refractivity contribution < 1.29 is 0 Å². The Morgan fingerprint density at radius 2 is 1.80 bits per heavy atom. The number of rotatable bonds is 1. The number of halogens is 1. The molecule has 0 atom stereocenters. The van der Waals surface area contributed by atoms with Gasteiger partial charge in [-0.05, 0) is 31.7 Å². The van der Waals surface area contributed by atoms with Gasteiger partial charge in [-0.1, -0.05) is 17.7 Å². The Labute approximate surface area is 96.4 Å². The fourth-order valence-electron chi connectivity index (χ4n) is 1.91. The molecule has 1 aromatic rings. The summed E-state index contributed by atoms with van der Waals surface area (Å²) in [6, 6.07) is 6.22. The highest BCUT2D eigenvalue weighted by atomic mass is 35.5. The summed E-state index contributed by atoms with van der Waals surface area (Å²) in [5, 5.41) is 0.866. The molecular weight excluding hydrogens is 208 g/mol. The largest absolute Gasteiger partial charge is 0.368 e. The number of nitrogens with zero attached hydrogens (tertiary/aromatic N) is 2. The average Bonchev–Trinajstić information content (AvgIpc) is 2.23. The lowest BCUT2D eigenvalue weighted by Crippen LogP contribution is -2.44. The zero-order chi connectivity index (χ0) is 10.8.